The number of aliphatic hydroxyl groups is 2. The number of hydrogen-bond acceptors (Lipinski definition) is 3. The topological polar surface area (TPSA) is 69.6 Å². The average Bonchev–Trinajstić information content (AvgIpc) is 2.86. The Morgan fingerprint density at radius 1 is 0.657 bits per heavy atom. The number of allylic oxidation sites excluding steroid dienone is 3. The molecule has 0 rings (SSSR count). The van der Waals surface area contributed by atoms with Gasteiger partial charge in [-0.05, 0) is 32.1 Å². The van der Waals surface area contributed by atoms with Crippen molar-refractivity contribution >= 4 is 5.91 Å². The Bertz CT molecular complexity index is 503. The van der Waals surface area contributed by atoms with Crippen molar-refractivity contribution in [3.8, 4) is 0 Å². The first kappa shape index (κ1) is 33.9. The minimum absolute atomic E-state index is 0.0802. The van der Waals surface area contributed by atoms with Crippen LogP contribution < -0.4 is 5.32 Å². The van der Waals surface area contributed by atoms with Crippen LogP contribution in [0.4, 0.5) is 0 Å². The molecule has 3 N–H and O–H groups in total. The van der Waals surface area contributed by atoms with Crippen LogP contribution in [0.3, 0.4) is 0 Å². The molecule has 0 aromatic carbocycles. The molecule has 0 saturated carbocycles. The highest BCUT2D eigenvalue weighted by Crippen LogP contribution is 2.11. The standard InChI is InChI=1S/C31H59NO3/c1-3-5-7-9-11-13-14-15-16-17-19-20-22-24-26-30(34)29(28-33)32-31(35)27-25-23-21-18-12-10-8-6-4-2/h17,19,24,26,29-30,33-34H,3-16,18,20-23,25,27-28H2,1-2H3,(H,32,35)/b19-17+,26-24+. The maximum Gasteiger partial charge on any atom is 0.220 e. The van der Waals surface area contributed by atoms with E-state index < -0.39 is 12.1 Å². The molecule has 0 aliphatic heterocycles. The Hall–Kier alpha value is -1.13. The van der Waals surface area contributed by atoms with Gasteiger partial charge in [0.1, 0.15) is 0 Å². The van der Waals surface area contributed by atoms with Crippen LogP contribution in [-0.4, -0.2) is 34.9 Å². The second-order valence-corrected chi connectivity index (χ2v) is 10.2. The third-order valence-electron chi connectivity index (χ3n) is 6.69. The maximum absolute atomic E-state index is 12.2. The number of carbonyl (C=O) groups is 1. The molecule has 0 aromatic heterocycles. The fourth-order valence-electron chi connectivity index (χ4n) is 4.31. The van der Waals surface area contributed by atoms with E-state index in [0.29, 0.717) is 6.42 Å². The van der Waals surface area contributed by atoms with Gasteiger partial charge in [-0.25, -0.2) is 0 Å². The smallest absolute Gasteiger partial charge is 0.220 e. The number of hydrogen-bond donors (Lipinski definition) is 3. The highest BCUT2D eigenvalue weighted by molar-refractivity contribution is 5.76. The van der Waals surface area contributed by atoms with E-state index in [2.05, 4.69) is 31.3 Å². The highest BCUT2D eigenvalue weighted by atomic mass is 16.3. The van der Waals surface area contributed by atoms with Crippen LogP contribution in [-0.2, 0) is 4.79 Å². The Kier molecular flexibility index (Phi) is 26.6. The molecule has 35 heavy (non-hydrogen) atoms. The zero-order valence-electron chi connectivity index (χ0n) is 23.3. The van der Waals surface area contributed by atoms with Gasteiger partial charge in [0, 0.05) is 6.42 Å². The number of nitrogens with one attached hydrogen (secondary N) is 1. The van der Waals surface area contributed by atoms with Gasteiger partial charge >= 0.3 is 0 Å². The van der Waals surface area contributed by atoms with E-state index in [9.17, 15) is 15.0 Å². The van der Waals surface area contributed by atoms with Crippen molar-refractivity contribution in [1.82, 2.24) is 5.32 Å². The Balaban J connectivity index is 3.75. The van der Waals surface area contributed by atoms with E-state index in [0.717, 1.165) is 32.1 Å². The van der Waals surface area contributed by atoms with E-state index in [1.165, 1.54) is 96.3 Å². The van der Waals surface area contributed by atoms with Gasteiger partial charge in [0.25, 0.3) is 0 Å². The largest absolute Gasteiger partial charge is 0.394 e. The minimum Gasteiger partial charge on any atom is -0.394 e. The monoisotopic (exact) mass is 493 g/mol. The van der Waals surface area contributed by atoms with Gasteiger partial charge in [0.2, 0.25) is 5.91 Å². The van der Waals surface area contributed by atoms with E-state index in [-0.39, 0.29) is 12.5 Å². The van der Waals surface area contributed by atoms with Crippen molar-refractivity contribution < 1.29 is 15.0 Å². The summed E-state index contributed by atoms with van der Waals surface area (Å²) in [7, 11) is 0. The molecule has 0 fully saturated rings. The van der Waals surface area contributed by atoms with Crippen LogP contribution in [0, 0.1) is 0 Å². The summed E-state index contributed by atoms with van der Waals surface area (Å²) < 4.78 is 0. The van der Waals surface area contributed by atoms with Crippen LogP contribution in [0.1, 0.15) is 149 Å². The third-order valence-corrected chi connectivity index (χ3v) is 6.69. The van der Waals surface area contributed by atoms with Gasteiger partial charge in [-0.1, -0.05) is 134 Å². The summed E-state index contributed by atoms with van der Waals surface area (Å²) in [5.41, 5.74) is 0. The van der Waals surface area contributed by atoms with Crippen LogP contribution >= 0.6 is 0 Å². The predicted octanol–water partition coefficient (Wildman–Crippen LogP) is 8.17. The molecule has 4 nitrogen and oxygen atoms in total. The van der Waals surface area contributed by atoms with Crippen molar-refractivity contribution in [2.75, 3.05) is 6.61 Å². The summed E-state index contributed by atoms with van der Waals surface area (Å²) >= 11 is 0. The van der Waals surface area contributed by atoms with Gasteiger partial charge < -0.3 is 15.5 Å². The number of rotatable bonds is 26. The van der Waals surface area contributed by atoms with Crippen LogP contribution in [0.25, 0.3) is 0 Å². The van der Waals surface area contributed by atoms with Crippen LogP contribution in [0.15, 0.2) is 24.3 Å². The second kappa shape index (κ2) is 27.5. The van der Waals surface area contributed by atoms with E-state index >= 15 is 0 Å². The molecule has 0 aliphatic rings. The molecule has 0 aliphatic carbocycles. The molecule has 2 unspecified atom stereocenters. The summed E-state index contributed by atoms with van der Waals surface area (Å²) in [6.07, 6.45) is 32.5. The third kappa shape index (κ3) is 24.3. The van der Waals surface area contributed by atoms with E-state index in [4.69, 9.17) is 0 Å². The van der Waals surface area contributed by atoms with Crippen molar-refractivity contribution in [3.63, 3.8) is 0 Å². The zero-order chi connectivity index (χ0) is 25.8. The fourth-order valence-corrected chi connectivity index (χ4v) is 4.31. The summed E-state index contributed by atoms with van der Waals surface area (Å²) in [5.74, 6) is -0.0802. The fraction of sp³-hybridized carbons (Fsp3) is 0.839. The number of carbonyl (C=O) groups excluding carboxylic acids is 1. The van der Waals surface area contributed by atoms with E-state index in [1.807, 2.05) is 6.08 Å². The lowest BCUT2D eigenvalue weighted by molar-refractivity contribution is -0.123. The van der Waals surface area contributed by atoms with Crippen molar-refractivity contribution in [2.45, 2.75) is 161 Å². The van der Waals surface area contributed by atoms with Crippen molar-refractivity contribution in [3.05, 3.63) is 24.3 Å². The maximum atomic E-state index is 12.2. The Morgan fingerprint density at radius 3 is 1.66 bits per heavy atom. The van der Waals surface area contributed by atoms with Crippen molar-refractivity contribution in [1.29, 1.82) is 0 Å². The molecule has 0 bridgehead atoms. The normalized spacial score (nSPS) is 13.6. The molecular formula is C31H59NO3. The van der Waals surface area contributed by atoms with Gasteiger partial charge in [0.15, 0.2) is 0 Å². The molecule has 1 amide bonds. The first-order chi connectivity index (χ1) is 17.2. The van der Waals surface area contributed by atoms with Gasteiger partial charge in [0.05, 0.1) is 18.8 Å². The lowest BCUT2D eigenvalue weighted by atomic mass is 10.1. The lowest BCUT2D eigenvalue weighted by Gasteiger charge is -2.19. The van der Waals surface area contributed by atoms with Gasteiger partial charge in [-0.2, -0.15) is 0 Å². The summed E-state index contributed by atoms with van der Waals surface area (Å²) in [6, 6.07) is -0.630. The zero-order valence-corrected chi connectivity index (χ0v) is 23.3. The number of aliphatic hydroxyl groups excluding tert-OH is 2. The summed E-state index contributed by atoms with van der Waals surface area (Å²) in [4.78, 5) is 12.2. The van der Waals surface area contributed by atoms with Crippen molar-refractivity contribution in [2.24, 2.45) is 0 Å². The van der Waals surface area contributed by atoms with Crippen LogP contribution in [0.2, 0.25) is 0 Å². The molecule has 4 heteroatoms. The summed E-state index contributed by atoms with van der Waals surface area (Å²) in [5, 5.41) is 22.7. The predicted molar refractivity (Wildman–Crippen MR) is 152 cm³/mol. The molecule has 0 radical (unpaired) electrons. The van der Waals surface area contributed by atoms with Crippen LogP contribution in [0.5, 0.6) is 0 Å². The minimum atomic E-state index is -0.853. The molecule has 2 atom stereocenters. The number of unbranched alkanes of at least 4 members (excludes halogenated alkanes) is 17. The molecule has 0 heterocycles. The SMILES string of the molecule is CCCCCCCCCC/C=C/CC/C=C/C(O)C(CO)NC(=O)CCCCCCCCCCC. The Morgan fingerprint density at radius 2 is 1.11 bits per heavy atom. The Labute approximate surface area is 218 Å². The lowest BCUT2D eigenvalue weighted by Crippen LogP contribution is -2.45. The molecule has 206 valence electrons. The highest BCUT2D eigenvalue weighted by Gasteiger charge is 2.17. The second-order valence-electron chi connectivity index (χ2n) is 10.2. The van der Waals surface area contributed by atoms with Gasteiger partial charge in [-0.3, -0.25) is 4.79 Å². The first-order valence-corrected chi connectivity index (χ1v) is 15.1. The van der Waals surface area contributed by atoms with E-state index in [1.54, 1.807) is 6.08 Å². The molecule has 0 spiro atoms. The first-order valence-electron chi connectivity index (χ1n) is 15.1. The molecular weight excluding hydrogens is 434 g/mol. The quantitative estimate of drug-likeness (QED) is 0.0840. The average molecular weight is 494 g/mol. The van der Waals surface area contributed by atoms with Gasteiger partial charge in [-0.15, -0.1) is 0 Å². The summed E-state index contributed by atoms with van der Waals surface area (Å²) in [6.45, 7) is 4.24. The molecule has 0 saturated heterocycles. The number of amides is 1. The molecule has 0 aromatic rings.